The summed E-state index contributed by atoms with van der Waals surface area (Å²) >= 11 is 0. The van der Waals surface area contributed by atoms with E-state index in [0.29, 0.717) is 23.3 Å². The van der Waals surface area contributed by atoms with Crippen molar-refractivity contribution in [2.45, 2.75) is 38.8 Å². The van der Waals surface area contributed by atoms with Crippen molar-refractivity contribution in [1.82, 2.24) is 14.8 Å². The maximum atomic E-state index is 14.6. The molecule has 0 radical (unpaired) electrons. The lowest BCUT2D eigenvalue weighted by molar-refractivity contribution is 0.0582. The molecule has 186 valence electrons. The highest BCUT2D eigenvalue weighted by molar-refractivity contribution is 5.95. The Bertz CT molecular complexity index is 1340. The van der Waals surface area contributed by atoms with E-state index < -0.39 is 0 Å². The maximum absolute atomic E-state index is 14.6. The van der Waals surface area contributed by atoms with E-state index in [-0.39, 0.29) is 23.7 Å². The SMILES string of the molecule is Cc1occc1C(=O)N(C)[C@@H](Cc1ccccc1F)C1CCN(Cc2cccc3ncccc23)CC1. The Balaban J connectivity index is 1.32. The van der Waals surface area contributed by atoms with E-state index in [1.165, 1.54) is 17.0 Å². The molecule has 0 aliphatic carbocycles. The number of aromatic nitrogens is 1. The molecule has 0 saturated carbocycles. The number of hydrogen-bond acceptors (Lipinski definition) is 4. The Morgan fingerprint density at radius 2 is 1.86 bits per heavy atom. The molecular weight excluding hydrogens is 453 g/mol. The quantitative estimate of drug-likeness (QED) is 0.328. The van der Waals surface area contributed by atoms with Crippen molar-refractivity contribution >= 4 is 16.8 Å². The lowest BCUT2D eigenvalue weighted by atomic mass is 9.84. The van der Waals surface area contributed by atoms with Crippen LogP contribution in [0.25, 0.3) is 10.9 Å². The van der Waals surface area contributed by atoms with Crippen LogP contribution in [0.2, 0.25) is 0 Å². The van der Waals surface area contributed by atoms with Crippen LogP contribution in [-0.4, -0.2) is 46.9 Å². The predicted octanol–water partition coefficient (Wildman–Crippen LogP) is 5.87. The van der Waals surface area contributed by atoms with Crippen LogP contribution in [0.1, 0.15) is 40.1 Å². The number of benzene rings is 2. The second kappa shape index (κ2) is 10.6. The molecule has 2 aromatic heterocycles. The summed E-state index contributed by atoms with van der Waals surface area (Å²) in [7, 11) is 1.84. The Hall–Kier alpha value is -3.51. The topological polar surface area (TPSA) is 49.6 Å². The average Bonchev–Trinajstić information content (AvgIpc) is 3.34. The van der Waals surface area contributed by atoms with Crippen LogP contribution in [-0.2, 0) is 13.0 Å². The number of pyridine rings is 1. The monoisotopic (exact) mass is 485 g/mol. The molecule has 1 fully saturated rings. The first-order valence-corrected chi connectivity index (χ1v) is 12.6. The van der Waals surface area contributed by atoms with Crippen LogP contribution < -0.4 is 0 Å². The number of carbonyl (C=O) groups excluding carboxylic acids is 1. The summed E-state index contributed by atoms with van der Waals surface area (Å²) in [4.78, 5) is 22.1. The molecule has 1 saturated heterocycles. The van der Waals surface area contributed by atoms with Crippen molar-refractivity contribution in [2.24, 2.45) is 5.92 Å². The predicted molar refractivity (Wildman–Crippen MR) is 139 cm³/mol. The van der Waals surface area contributed by atoms with E-state index in [1.54, 1.807) is 30.2 Å². The number of halogens is 1. The summed E-state index contributed by atoms with van der Waals surface area (Å²) < 4.78 is 20.0. The van der Waals surface area contributed by atoms with Crippen molar-refractivity contribution in [3.8, 4) is 0 Å². The van der Waals surface area contributed by atoms with Gasteiger partial charge in [0.15, 0.2) is 0 Å². The molecule has 0 spiro atoms. The number of fused-ring (bicyclic) bond motifs is 1. The number of nitrogens with zero attached hydrogens (tertiary/aromatic N) is 3. The Kier molecular flexibility index (Phi) is 7.14. The molecule has 6 heteroatoms. The van der Waals surface area contributed by atoms with Gasteiger partial charge < -0.3 is 9.32 Å². The van der Waals surface area contributed by atoms with E-state index in [2.05, 4.69) is 28.1 Å². The van der Waals surface area contributed by atoms with Gasteiger partial charge in [-0.15, -0.1) is 0 Å². The number of amides is 1. The van der Waals surface area contributed by atoms with Crippen molar-refractivity contribution < 1.29 is 13.6 Å². The lowest BCUT2D eigenvalue weighted by Crippen LogP contribution is -2.47. The molecule has 5 rings (SSSR count). The molecule has 1 atom stereocenters. The minimum absolute atomic E-state index is 0.0757. The first-order chi connectivity index (χ1) is 17.5. The Morgan fingerprint density at radius 1 is 1.08 bits per heavy atom. The number of aryl methyl sites for hydroxylation is 1. The molecular formula is C30H32FN3O2. The second-order valence-electron chi connectivity index (χ2n) is 9.77. The minimum Gasteiger partial charge on any atom is -0.469 e. The normalized spacial score (nSPS) is 15.8. The molecule has 1 aliphatic rings. The summed E-state index contributed by atoms with van der Waals surface area (Å²) in [5, 5.41) is 1.19. The molecule has 0 N–H and O–H groups in total. The van der Waals surface area contributed by atoms with Gasteiger partial charge in [-0.25, -0.2) is 4.39 Å². The summed E-state index contributed by atoms with van der Waals surface area (Å²) in [6.07, 6.45) is 5.76. The standard InChI is InChI=1S/C30H32FN3O2/c1-21-25(14-18-36-21)30(35)33(2)29(19-23-7-3-4-10-27(23)31)22-12-16-34(17-13-22)20-24-8-5-11-28-26(24)9-6-15-32-28/h3-11,14-15,18,22,29H,12-13,16-17,19-20H2,1-2H3/t29-/m0/s1. The van der Waals surface area contributed by atoms with Crippen molar-refractivity contribution in [3.63, 3.8) is 0 Å². The fourth-order valence-corrected chi connectivity index (χ4v) is 5.50. The van der Waals surface area contributed by atoms with Crippen molar-refractivity contribution in [1.29, 1.82) is 0 Å². The molecule has 36 heavy (non-hydrogen) atoms. The summed E-state index contributed by atoms with van der Waals surface area (Å²) in [6.45, 7) is 4.54. The van der Waals surface area contributed by atoms with Crippen LogP contribution in [0, 0.1) is 18.7 Å². The molecule has 5 nitrogen and oxygen atoms in total. The number of carbonyl (C=O) groups is 1. The fraction of sp³-hybridized carbons (Fsp3) is 0.333. The largest absolute Gasteiger partial charge is 0.469 e. The maximum Gasteiger partial charge on any atom is 0.257 e. The van der Waals surface area contributed by atoms with Gasteiger partial charge in [0.1, 0.15) is 11.6 Å². The second-order valence-corrected chi connectivity index (χ2v) is 9.77. The van der Waals surface area contributed by atoms with Crippen LogP contribution in [0.4, 0.5) is 4.39 Å². The Morgan fingerprint density at radius 3 is 2.61 bits per heavy atom. The summed E-state index contributed by atoms with van der Waals surface area (Å²) in [6, 6.07) is 18.9. The molecule has 3 heterocycles. The van der Waals surface area contributed by atoms with Crippen molar-refractivity contribution in [3.05, 3.63) is 101 Å². The molecule has 1 amide bonds. The smallest absolute Gasteiger partial charge is 0.257 e. The van der Waals surface area contributed by atoms with E-state index >= 15 is 0 Å². The van der Waals surface area contributed by atoms with Gasteiger partial charge in [-0.2, -0.15) is 0 Å². The zero-order valence-electron chi connectivity index (χ0n) is 20.9. The number of likely N-dealkylation sites (N-methyl/N-ethyl adjacent to an activating group) is 1. The number of likely N-dealkylation sites (tertiary alicyclic amines) is 1. The fourth-order valence-electron chi connectivity index (χ4n) is 5.50. The number of piperidine rings is 1. The average molecular weight is 486 g/mol. The third-order valence-electron chi connectivity index (χ3n) is 7.60. The van der Waals surface area contributed by atoms with Gasteiger partial charge >= 0.3 is 0 Å². The van der Waals surface area contributed by atoms with E-state index in [0.717, 1.165) is 38.0 Å². The number of furan rings is 1. The third kappa shape index (κ3) is 5.05. The Labute approximate surface area is 211 Å². The molecule has 4 aromatic rings. The summed E-state index contributed by atoms with van der Waals surface area (Å²) in [5.74, 6) is 0.588. The minimum atomic E-state index is -0.218. The van der Waals surface area contributed by atoms with Crippen LogP contribution >= 0.6 is 0 Å². The zero-order chi connectivity index (χ0) is 25.1. The highest BCUT2D eigenvalue weighted by Gasteiger charge is 2.33. The van der Waals surface area contributed by atoms with Crippen LogP contribution in [0.5, 0.6) is 0 Å². The van der Waals surface area contributed by atoms with Gasteiger partial charge in [-0.3, -0.25) is 14.7 Å². The van der Waals surface area contributed by atoms with Gasteiger partial charge in [0.2, 0.25) is 0 Å². The van der Waals surface area contributed by atoms with Gasteiger partial charge in [0.05, 0.1) is 17.3 Å². The van der Waals surface area contributed by atoms with E-state index in [1.807, 2.05) is 37.5 Å². The van der Waals surface area contributed by atoms with E-state index in [4.69, 9.17) is 4.42 Å². The molecule has 0 bridgehead atoms. The number of hydrogen-bond donors (Lipinski definition) is 0. The highest BCUT2D eigenvalue weighted by Crippen LogP contribution is 2.30. The van der Waals surface area contributed by atoms with Gasteiger partial charge in [-0.1, -0.05) is 36.4 Å². The zero-order valence-corrected chi connectivity index (χ0v) is 20.9. The number of rotatable bonds is 7. The highest BCUT2D eigenvalue weighted by atomic mass is 19.1. The lowest BCUT2D eigenvalue weighted by Gasteiger charge is -2.40. The van der Waals surface area contributed by atoms with Gasteiger partial charge in [0.25, 0.3) is 5.91 Å². The van der Waals surface area contributed by atoms with Gasteiger partial charge in [-0.05, 0) is 80.6 Å². The van der Waals surface area contributed by atoms with E-state index in [9.17, 15) is 9.18 Å². The summed E-state index contributed by atoms with van der Waals surface area (Å²) in [5.41, 5.74) is 3.52. The van der Waals surface area contributed by atoms with Crippen LogP contribution in [0.15, 0.2) is 77.5 Å². The first kappa shape index (κ1) is 24.2. The van der Waals surface area contributed by atoms with Gasteiger partial charge in [0, 0.05) is 31.2 Å². The first-order valence-electron chi connectivity index (χ1n) is 12.6. The van der Waals surface area contributed by atoms with Crippen LogP contribution in [0.3, 0.4) is 0 Å². The van der Waals surface area contributed by atoms with Crippen molar-refractivity contribution in [2.75, 3.05) is 20.1 Å². The molecule has 2 aromatic carbocycles. The molecule has 0 unspecified atom stereocenters. The molecule has 1 aliphatic heterocycles. The third-order valence-corrected chi connectivity index (χ3v) is 7.60.